The van der Waals surface area contributed by atoms with Gasteiger partial charge in [0.2, 0.25) is 0 Å². The highest BCUT2D eigenvalue weighted by Crippen LogP contribution is 2.40. The van der Waals surface area contributed by atoms with Gasteiger partial charge < -0.3 is 14.8 Å². The Morgan fingerprint density at radius 3 is 2.50 bits per heavy atom. The molecule has 176 valence electrons. The number of dihydropyridines is 1. The van der Waals surface area contributed by atoms with E-state index in [1.165, 1.54) is 25.3 Å². The zero-order chi connectivity index (χ0) is 24.7. The molecule has 1 aromatic heterocycles. The third-order valence-electron chi connectivity index (χ3n) is 5.16. The standard InChI is InChI=1S/C25H24N2O6S/c1-16-21(24(28)32-3)23(18-9-7-10-19(15-18)27(30)31)22(17(2)26-16)25(29)33-13-6-4-5-11-20-12-8-14-34-20/h4-12,14-15,23,26H,13H2,1-3H3. The van der Waals surface area contributed by atoms with Crippen molar-refractivity contribution in [1.29, 1.82) is 0 Å². The van der Waals surface area contributed by atoms with Crippen molar-refractivity contribution in [3.63, 3.8) is 0 Å². The molecule has 1 aliphatic heterocycles. The first-order valence-corrected chi connectivity index (χ1v) is 11.3. The number of benzene rings is 1. The van der Waals surface area contributed by atoms with Crippen LogP contribution in [0.2, 0.25) is 0 Å². The Morgan fingerprint density at radius 2 is 1.85 bits per heavy atom. The van der Waals surface area contributed by atoms with Gasteiger partial charge in [-0.15, -0.1) is 11.3 Å². The van der Waals surface area contributed by atoms with Crippen molar-refractivity contribution < 1.29 is 24.0 Å². The lowest BCUT2D eigenvalue weighted by atomic mass is 9.80. The van der Waals surface area contributed by atoms with Gasteiger partial charge in [-0.1, -0.05) is 30.4 Å². The molecule has 2 heterocycles. The quantitative estimate of drug-likeness (QED) is 0.248. The molecule has 2 aromatic rings. The molecule has 0 saturated carbocycles. The van der Waals surface area contributed by atoms with Crippen LogP contribution in [0, 0.1) is 10.1 Å². The van der Waals surface area contributed by atoms with Crippen LogP contribution in [-0.4, -0.2) is 30.6 Å². The number of methoxy groups -OCH3 is 1. The predicted molar refractivity (Wildman–Crippen MR) is 130 cm³/mol. The summed E-state index contributed by atoms with van der Waals surface area (Å²) in [4.78, 5) is 37.7. The summed E-state index contributed by atoms with van der Waals surface area (Å²) in [6.07, 6.45) is 7.25. The minimum absolute atomic E-state index is 0.0162. The number of carbonyl (C=O) groups excluding carboxylic acids is 2. The van der Waals surface area contributed by atoms with Crippen LogP contribution in [0.4, 0.5) is 5.69 Å². The Bertz CT molecular complexity index is 1210. The van der Waals surface area contributed by atoms with Gasteiger partial charge in [0.1, 0.15) is 6.61 Å². The van der Waals surface area contributed by atoms with E-state index in [1.54, 1.807) is 43.4 Å². The maximum atomic E-state index is 13.1. The lowest BCUT2D eigenvalue weighted by molar-refractivity contribution is -0.384. The second-order valence-corrected chi connectivity index (χ2v) is 8.36. The van der Waals surface area contributed by atoms with E-state index in [9.17, 15) is 19.7 Å². The molecule has 1 aromatic carbocycles. The number of carbonyl (C=O) groups is 2. The van der Waals surface area contributed by atoms with Crippen LogP contribution >= 0.6 is 11.3 Å². The molecule has 3 rings (SSSR count). The first-order chi connectivity index (χ1) is 16.3. The number of nitro benzene ring substituents is 1. The van der Waals surface area contributed by atoms with Crippen molar-refractivity contribution in [2.24, 2.45) is 0 Å². The third kappa shape index (κ3) is 5.68. The molecule has 34 heavy (non-hydrogen) atoms. The summed E-state index contributed by atoms with van der Waals surface area (Å²) in [6, 6.07) is 9.79. The molecule has 0 radical (unpaired) electrons. The number of non-ortho nitro benzene ring substituents is 1. The molecule has 0 bridgehead atoms. The van der Waals surface area contributed by atoms with Gasteiger partial charge in [0.25, 0.3) is 5.69 Å². The lowest BCUT2D eigenvalue weighted by Gasteiger charge is -2.30. The summed E-state index contributed by atoms with van der Waals surface area (Å²) >= 11 is 1.61. The topological polar surface area (TPSA) is 108 Å². The normalized spacial score (nSPS) is 16.1. The fourth-order valence-electron chi connectivity index (χ4n) is 3.67. The molecule has 0 spiro atoms. The Balaban J connectivity index is 1.87. The van der Waals surface area contributed by atoms with Gasteiger partial charge in [-0.3, -0.25) is 10.1 Å². The molecule has 0 saturated heterocycles. The van der Waals surface area contributed by atoms with Crippen LogP contribution in [0.3, 0.4) is 0 Å². The van der Waals surface area contributed by atoms with Crippen molar-refractivity contribution in [2.75, 3.05) is 13.7 Å². The maximum Gasteiger partial charge on any atom is 0.337 e. The molecule has 1 atom stereocenters. The zero-order valence-corrected chi connectivity index (χ0v) is 19.8. The van der Waals surface area contributed by atoms with Gasteiger partial charge in [-0.05, 0) is 43.0 Å². The Kier molecular flexibility index (Phi) is 8.15. The van der Waals surface area contributed by atoms with Crippen molar-refractivity contribution in [3.05, 3.63) is 103 Å². The molecule has 0 amide bonds. The number of hydrogen-bond donors (Lipinski definition) is 1. The lowest BCUT2D eigenvalue weighted by Crippen LogP contribution is -2.32. The first kappa shape index (κ1) is 24.7. The summed E-state index contributed by atoms with van der Waals surface area (Å²) in [5, 5.41) is 16.3. The second kappa shape index (κ2) is 11.2. The van der Waals surface area contributed by atoms with Crippen molar-refractivity contribution in [2.45, 2.75) is 19.8 Å². The van der Waals surface area contributed by atoms with Crippen molar-refractivity contribution >= 4 is 35.0 Å². The summed E-state index contributed by atoms with van der Waals surface area (Å²) in [7, 11) is 1.24. The number of rotatable bonds is 8. The third-order valence-corrected chi connectivity index (χ3v) is 6.00. The number of nitrogens with one attached hydrogen (secondary N) is 1. The van der Waals surface area contributed by atoms with E-state index in [0.717, 1.165) is 4.88 Å². The number of nitro groups is 1. The van der Waals surface area contributed by atoms with Crippen molar-refractivity contribution in [1.82, 2.24) is 5.32 Å². The molecular weight excluding hydrogens is 456 g/mol. The minimum Gasteiger partial charge on any atom is -0.466 e. The van der Waals surface area contributed by atoms with Crippen LogP contribution in [0.15, 0.2) is 82.5 Å². The Hall–Kier alpha value is -3.98. The molecule has 1 N–H and O–H groups in total. The molecule has 0 aliphatic carbocycles. The number of thiophene rings is 1. The first-order valence-electron chi connectivity index (χ1n) is 10.4. The molecule has 8 nitrogen and oxygen atoms in total. The van der Waals surface area contributed by atoms with Crippen LogP contribution in [0.1, 0.15) is 30.2 Å². The number of esters is 2. The van der Waals surface area contributed by atoms with Crippen LogP contribution < -0.4 is 5.32 Å². The van der Waals surface area contributed by atoms with Gasteiger partial charge in [0, 0.05) is 28.4 Å². The van der Waals surface area contributed by atoms with E-state index in [-0.39, 0.29) is 23.4 Å². The monoisotopic (exact) mass is 480 g/mol. The highest BCUT2D eigenvalue weighted by molar-refractivity contribution is 7.10. The Morgan fingerprint density at radius 1 is 1.12 bits per heavy atom. The number of ether oxygens (including phenoxy) is 2. The van der Waals surface area contributed by atoms with Crippen molar-refractivity contribution in [3.8, 4) is 0 Å². The molecule has 0 fully saturated rings. The SMILES string of the molecule is COC(=O)C1=C(C)NC(C)=C(C(=O)OCC=CC=Cc2cccs2)C1c1cccc([N+](=O)[O-])c1. The van der Waals surface area contributed by atoms with Gasteiger partial charge in [0.15, 0.2) is 0 Å². The van der Waals surface area contributed by atoms with Gasteiger partial charge in [-0.25, -0.2) is 9.59 Å². The smallest absolute Gasteiger partial charge is 0.337 e. The number of allylic oxidation sites excluding steroid dienone is 4. The van der Waals surface area contributed by atoms with E-state index in [1.807, 2.05) is 29.7 Å². The van der Waals surface area contributed by atoms with Crippen LogP contribution in [0.5, 0.6) is 0 Å². The summed E-state index contributed by atoms with van der Waals surface area (Å²) in [5.74, 6) is -2.16. The van der Waals surface area contributed by atoms with Gasteiger partial charge >= 0.3 is 11.9 Å². The van der Waals surface area contributed by atoms with Crippen LogP contribution in [0.25, 0.3) is 6.08 Å². The van der Waals surface area contributed by atoms with Crippen LogP contribution in [-0.2, 0) is 19.1 Å². The Labute approximate surface area is 201 Å². The van der Waals surface area contributed by atoms with E-state index in [0.29, 0.717) is 17.0 Å². The molecule has 9 heteroatoms. The number of hydrogen-bond acceptors (Lipinski definition) is 8. The number of nitrogens with zero attached hydrogens (tertiary/aromatic N) is 1. The average molecular weight is 481 g/mol. The summed E-state index contributed by atoms with van der Waals surface area (Å²) in [5.41, 5.74) is 1.63. The average Bonchev–Trinajstić information content (AvgIpc) is 3.33. The van der Waals surface area contributed by atoms with Gasteiger partial charge in [0.05, 0.1) is 29.1 Å². The van der Waals surface area contributed by atoms with E-state index >= 15 is 0 Å². The summed E-state index contributed by atoms with van der Waals surface area (Å²) < 4.78 is 10.4. The predicted octanol–water partition coefficient (Wildman–Crippen LogP) is 4.88. The highest BCUT2D eigenvalue weighted by atomic mass is 32.1. The van der Waals surface area contributed by atoms with E-state index in [2.05, 4.69) is 5.32 Å². The van der Waals surface area contributed by atoms with E-state index < -0.39 is 22.8 Å². The van der Waals surface area contributed by atoms with Gasteiger partial charge in [-0.2, -0.15) is 0 Å². The fourth-order valence-corrected chi connectivity index (χ4v) is 4.30. The fraction of sp³-hybridized carbons (Fsp3) is 0.200. The second-order valence-electron chi connectivity index (χ2n) is 7.38. The molecule has 1 aliphatic rings. The minimum atomic E-state index is -0.885. The highest BCUT2D eigenvalue weighted by Gasteiger charge is 2.38. The molecule has 1 unspecified atom stereocenters. The maximum absolute atomic E-state index is 13.1. The summed E-state index contributed by atoms with van der Waals surface area (Å²) in [6.45, 7) is 3.39. The van der Waals surface area contributed by atoms with E-state index in [4.69, 9.17) is 9.47 Å². The zero-order valence-electron chi connectivity index (χ0n) is 18.9. The largest absolute Gasteiger partial charge is 0.466 e. The molecular formula is C25H24N2O6S.